The number of nitrogens with zero attached hydrogens (tertiary/aromatic N) is 1. The van der Waals surface area contributed by atoms with Crippen molar-refractivity contribution in [1.29, 1.82) is 0 Å². The Bertz CT molecular complexity index is 376. The molecule has 0 saturated carbocycles. The number of piperidine rings is 1. The van der Waals surface area contributed by atoms with E-state index in [1.54, 1.807) is 0 Å². The summed E-state index contributed by atoms with van der Waals surface area (Å²) in [6.07, 6.45) is 3.97. The Kier molecular flexibility index (Phi) is 4.29. The van der Waals surface area contributed by atoms with Crippen LogP contribution in [0.15, 0.2) is 35.9 Å². The zero-order chi connectivity index (χ0) is 12.1. The molecule has 3 heteroatoms. The van der Waals surface area contributed by atoms with Gasteiger partial charge in [0.2, 0.25) is 0 Å². The van der Waals surface area contributed by atoms with Gasteiger partial charge in [-0.2, -0.15) is 0 Å². The van der Waals surface area contributed by atoms with Crippen LogP contribution >= 0.6 is 0 Å². The van der Waals surface area contributed by atoms with Crippen molar-refractivity contribution in [3.63, 3.8) is 0 Å². The first-order chi connectivity index (χ1) is 8.28. The highest BCUT2D eigenvalue weighted by Crippen LogP contribution is 2.18. The van der Waals surface area contributed by atoms with E-state index in [9.17, 15) is 4.39 Å². The summed E-state index contributed by atoms with van der Waals surface area (Å²) in [5.41, 5.74) is 2.50. The first-order valence-corrected chi connectivity index (χ1v) is 6.03. The molecule has 1 N–H and O–H groups in total. The van der Waals surface area contributed by atoms with E-state index in [-0.39, 0.29) is 12.4 Å². The van der Waals surface area contributed by atoms with Gasteiger partial charge in [-0.05, 0) is 30.5 Å². The van der Waals surface area contributed by atoms with Crippen LogP contribution in [0.2, 0.25) is 0 Å². The molecule has 1 aliphatic rings. The molecular weight excluding hydrogens is 217 g/mol. The van der Waals surface area contributed by atoms with Crippen LogP contribution in [-0.4, -0.2) is 29.7 Å². The summed E-state index contributed by atoms with van der Waals surface area (Å²) >= 11 is 0. The summed E-state index contributed by atoms with van der Waals surface area (Å²) in [6, 6.07) is 6.70. The molecular formula is C14H18FNO. The Morgan fingerprint density at radius 1 is 1.18 bits per heavy atom. The molecule has 0 bridgehead atoms. The van der Waals surface area contributed by atoms with E-state index in [2.05, 4.69) is 4.90 Å². The quantitative estimate of drug-likeness (QED) is 0.813. The minimum absolute atomic E-state index is 0.146. The number of halogens is 1. The largest absolute Gasteiger partial charge is 0.392 e. The van der Waals surface area contributed by atoms with Crippen LogP contribution in [0.5, 0.6) is 0 Å². The molecule has 0 radical (unpaired) electrons. The molecule has 0 unspecified atom stereocenters. The van der Waals surface area contributed by atoms with Gasteiger partial charge < -0.3 is 5.11 Å². The minimum atomic E-state index is -0.180. The summed E-state index contributed by atoms with van der Waals surface area (Å²) in [5.74, 6) is -0.180. The molecule has 1 aromatic rings. The molecule has 2 rings (SSSR count). The fourth-order valence-electron chi connectivity index (χ4n) is 2.18. The Hall–Kier alpha value is -1.19. The number of benzene rings is 1. The zero-order valence-corrected chi connectivity index (χ0v) is 9.90. The SMILES string of the molecule is OCC=C1CCN(Cc2ccc(F)cc2)CC1. The van der Waals surface area contributed by atoms with Gasteiger partial charge in [0.05, 0.1) is 6.61 Å². The third-order valence-electron chi connectivity index (χ3n) is 3.20. The van der Waals surface area contributed by atoms with Crippen molar-refractivity contribution in [1.82, 2.24) is 4.90 Å². The Labute approximate surface area is 101 Å². The molecule has 0 spiro atoms. The maximum atomic E-state index is 12.8. The summed E-state index contributed by atoms with van der Waals surface area (Å²) in [6.45, 7) is 3.06. The van der Waals surface area contributed by atoms with Crippen LogP contribution in [0, 0.1) is 5.82 Å². The molecule has 0 aromatic heterocycles. The van der Waals surface area contributed by atoms with Gasteiger partial charge in [-0.3, -0.25) is 4.90 Å². The van der Waals surface area contributed by atoms with Gasteiger partial charge in [-0.1, -0.05) is 23.8 Å². The molecule has 0 amide bonds. The molecule has 1 aliphatic heterocycles. The summed E-state index contributed by atoms with van der Waals surface area (Å²) in [7, 11) is 0. The average Bonchev–Trinajstić information content (AvgIpc) is 2.35. The van der Waals surface area contributed by atoms with E-state index in [0.29, 0.717) is 0 Å². The Balaban J connectivity index is 1.85. The van der Waals surface area contributed by atoms with Gasteiger partial charge in [0.25, 0.3) is 0 Å². The molecule has 92 valence electrons. The average molecular weight is 235 g/mol. The normalized spacial score (nSPS) is 17.2. The van der Waals surface area contributed by atoms with Crippen LogP contribution in [-0.2, 0) is 6.54 Å². The number of likely N-dealkylation sites (tertiary alicyclic amines) is 1. The van der Waals surface area contributed by atoms with Crippen LogP contribution in [0.4, 0.5) is 4.39 Å². The van der Waals surface area contributed by atoms with Gasteiger partial charge in [0.15, 0.2) is 0 Å². The molecule has 2 nitrogen and oxygen atoms in total. The summed E-state index contributed by atoms with van der Waals surface area (Å²) < 4.78 is 12.8. The van der Waals surface area contributed by atoms with Crippen molar-refractivity contribution < 1.29 is 9.50 Å². The van der Waals surface area contributed by atoms with Gasteiger partial charge in [0, 0.05) is 19.6 Å². The Morgan fingerprint density at radius 3 is 2.41 bits per heavy atom. The minimum Gasteiger partial charge on any atom is -0.392 e. The molecule has 1 aromatic carbocycles. The highest BCUT2D eigenvalue weighted by molar-refractivity contribution is 5.16. The monoisotopic (exact) mass is 235 g/mol. The second-order valence-corrected chi connectivity index (χ2v) is 4.45. The lowest BCUT2D eigenvalue weighted by atomic mass is 10.0. The number of hydrogen-bond donors (Lipinski definition) is 1. The molecule has 1 fully saturated rings. The zero-order valence-electron chi connectivity index (χ0n) is 9.90. The van der Waals surface area contributed by atoms with Gasteiger partial charge in [-0.15, -0.1) is 0 Å². The predicted molar refractivity (Wildman–Crippen MR) is 66.1 cm³/mol. The molecule has 1 heterocycles. The van der Waals surface area contributed by atoms with Crippen LogP contribution in [0.3, 0.4) is 0 Å². The molecule has 0 atom stereocenters. The van der Waals surface area contributed by atoms with Crippen LogP contribution < -0.4 is 0 Å². The topological polar surface area (TPSA) is 23.5 Å². The lowest BCUT2D eigenvalue weighted by Crippen LogP contribution is -2.30. The third-order valence-corrected chi connectivity index (χ3v) is 3.20. The molecule has 17 heavy (non-hydrogen) atoms. The highest BCUT2D eigenvalue weighted by Gasteiger charge is 2.13. The fourth-order valence-corrected chi connectivity index (χ4v) is 2.18. The van der Waals surface area contributed by atoms with E-state index in [4.69, 9.17) is 5.11 Å². The first kappa shape index (κ1) is 12.3. The van der Waals surface area contributed by atoms with Gasteiger partial charge >= 0.3 is 0 Å². The van der Waals surface area contributed by atoms with Crippen molar-refractivity contribution in [3.05, 3.63) is 47.3 Å². The lowest BCUT2D eigenvalue weighted by molar-refractivity contribution is 0.246. The number of aliphatic hydroxyl groups excluding tert-OH is 1. The molecule has 0 aliphatic carbocycles. The number of hydrogen-bond acceptors (Lipinski definition) is 2. The number of aliphatic hydroxyl groups is 1. The smallest absolute Gasteiger partial charge is 0.123 e. The summed E-state index contributed by atoms with van der Waals surface area (Å²) in [4.78, 5) is 2.36. The third kappa shape index (κ3) is 3.65. The van der Waals surface area contributed by atoms with E-state index < -0.39 is 0 Å². The second-order valence-electron chi connectivity index (χ2n) is 4.45. The van der Waals surface area contributed by atoms with Crippen LogP contribution in [0.25, 0.3) is 0 Å². The standard InChI is InChI=1S/C14H18FNO/c15-14-3-1-13(2-4-14)11-16-8-5-12(6-9-16)7-10-17/h1-4,7,17H,5-6,8-11H2. The van der Waals surface area contributed by atoms with Gasteiger partial charge in [-0.25, -0.2) is 4.39 Å². The predicted octanol–water partition coefficient (Wildman–Crippen LogP) is 2.34. The van der Waals surface area contributed by atoms with Crippen molar-refractivity contribution >= 4 is 0 Å². The van der Waals surface area contributed by atoms with E-state index in [1.165, 1.54) is 17.7 Å². The second kappa shape index (κ2) is 5.94. The van der Waals surface area contributed by atoms with E-state index in [0.717, 1.165) is 38.0 Å². The fraction of sp³-hybridized carbons (Fsp3) is 0.429. The summed E-state index contributed by atoms with van der Waals surface area (Å²) in [5, 5.41) is 8.82. The van der Waals surface area contributed by atoms with E-state index in [1.807, 2.05) is 18.2 Å². The number of rotatable bonds is 3. The van der Waals surface area contributed by atoms with Crippen molar-refractivity contribution in [3.8, 4) is 0 Å². The lowest BCUT2D eigenvalue weighted by Gasteiger charge is -2.28. The Morgan fingerprint density at radius 2 is 1.82 bits per heavy atom. The highest BCUT2D eigenvalue weighted by atomic mass is 19.1. The first-order valence-electron chi connectivity index (χ1n) is 6.03. The molecule has 1 saturated heterocycles. The van der Waals surface area contributed by atoms with Gasteiger partial charge in [0.1, 0.15) is 5.82 Å². The van der Waals surface area contributed by atoms with Crippen molar-refractivity contribution in [2.45, 2.75) is 19.4 Å². The maximum absolute atomic E-state index is 12.8. The van der Waals surface area contributed by atoms with Crippen molar-refractivity contribution in [2.24, 2.45) is 0 Å². The maximum Gasteiger partial charge on any atom is 0.123 e. The van der Waals surface area contributed by atoms with Crippen LogP contribution in [0.1, 0.15) is 18.4 Å². The van der Waals surface area contributed by atoms with E-state index >= 15 is 0 Å². The van der Waals surface area contributed by atoms with Crippen molar-refractivity contribution in [2.75, 3.05) is 19.7 Å².